The van der Waals surface area contributed by atoms with Crippen molar-refractivity contribution < 1.29 is 13.9 Å². The van der Waals surface area contributed by atoms with Crippen molar-refractivity contribution in [2.24, 2.45) is 0 Å². The van der Waals surface area contributed by atoms with Crippen molar-refractivity contribution in [1.29, 1.82) is 0 Å². The molecule has 0 radical (unpaired) electrons. The van der Waals surface area contributed by atoms with Crippen molar-refractivity contribution in [3.05, 3.63) is 30.1 Å². The molecule has 1 aromatic carbocycles. The van der Waals surface area contributed by atoms with E-state index in [4.69, 9.17) is 4.74 Å². The van der Waals surface area contributed by atoms with Gasteiger partial charge in [-0.2, -0.15) is 0 Å². The van der Waals surface area contributed by atoms with E-state index in [1.165, 1.54) is 12.1 Å². The van der Waals surface area contributed by atoms with Gasteiger partial charge in [0.05, 0.1) is 0 Å². The number of nitrogens with one attached hydrogen (secondary N) is 1. The highest BCUT2D eigenvalue weighted by molar-refractivity contribution is 5.77. The molecule has 0 saturated carbocycles. The Bertz CT molecular complexity index is 355. The second kappa shape index (κ2) is 6.10. The Balaban J connectivity index is 2.40. The number of rotatable bonds is 5. The van der Waals surface area contributed by atoms with Crippen LogP contribution in [0.4, 0.5) is 4.39 Å². The van der Waals surface area contributed by atoms with Gasteiger partial charge < -0.3 is 10.1 Å². The Hall–Kier alpha value is -1.58. The van der Waals surface area contributed by atoms with Gasteiger partial charge in [0.15, 0.2) is 18.2 Å². The van der Waals surface area contributed by atoms with Crippen molar-refractivity contribution in [1.82, 2.24) is 5.32 Å². The van der Waals surface area contributed by atoms with Gasteiger partial charge in [-0.3, -0.25) is 4.79 Å². The van der Waals surface area contributed by atoms with Crippen LogP contribution in [0.1, 0.15) is 20.3 Å². The summed E-state index contributed by atoms with van der Waals surface area (Å²) < 4.78 is 18.2. The average Bonchev–Trinajstić information content (AvgIpc) is 2.28. The first kappa shape index (κ1) is 12.5. The number of hydrogen-bond acceptors (Lipinski definition) is 2. The number of para-hydroxylation sites is 1. The van der Waals surface area contributed by atoms with E-state index in [1.807, 2.05) is 13.8 Å². The van der Waals surface area contributed by atoms with Gasteiger partial charge in [0.1, 0.15) is 0 Å². The zero-order valence-corrected chi connectivity index (χ0v) is 9.50. The second-order valence-corrected chi connectivity index (χ2v) is 3.60. The number of amides is 1. The minimum atomic E-state index is -0.459. The van der Waals surface area contributed by atoms with E-state index in [0.29, 0.717) is 0 Å². The van der Waals surface area contributed by atoms with E-state index < -0.39 is 5.82 Å². The molecule has 0 fully saturated rings. The lowest BCUT2D eigenvalue weighted by molar-refractivity contribution is -0.123. The molecule has 0 aliphatic rings. The van der Waals surface area contributed by atoms with Gasteiger partial charge in [-0.25, -0.2) is 4.39 Å². The zero-order valence-electron chi connectivity index (χ0n) is 9.50. The molecule has 3 nitrogen and oxygen atoms in total. The van der Waals surface area contributed by atoms with Crippen LogP contribution in [0, 0.1) is 5.82 Å². The highest BCUT2D eigenvalue weighted by Gasteiger charge is 2.07. The molecule has 0 unspecified atom stereocenters. The fraction of sp³-hybridized carbons (Fsp3) is 0.417. The smallest absolute Gasteiger partial charge is 0.258 e. The number of hydrogen-bond donors (Lipinski definition) is 1. The molecule has 0 aliphatic carbocycles. The molecule has 16 heavy (non-hydrogen) atoms. The van der Waals surface area contributed by atoms with E-state index in [1.54, 1.807) is 12.1 Å². The first-order valence-corrected chi connectivity index (χ1v) is 5.30. The quantitative estimate of drug-likeness (QED) is 0.833. The van der Waals surface area contributed by atoms with Crippen molar-refractivity contribution in [2.75, 3.05) is 6.61 Å². The SMILES string of the molecule is CC[C@@H](C)NC(=O)COc1ccccc1F. The Morgan fingerprint density at radius 2 is 2.19 bits per heavy atom. The Morgan fingerprint density at radius 1 is 1.50 bits per heavy atom. The standard InChI is InChI=1S/C12H16FNO2/c1-3-9(2)14-12(15)8-16-11-7-5-4-6-10(11)13/h4-7,9H,3,8H2,1-2H3,(H,14,15)/t9-/m1/s1. The van der Waals surface area contributed by atoms with Crippen molar-refractivity contribution >= 4 is 5.91 Å². The monoisotopic (exact) mass is 225 g/mol. The number of benzene rings is 1. The normalized spacial score (nSPS) is 11.9. The molecular formula is C12H16FNO2. The van der Waals surface area contributed by atoms with Gasteiger partial charge in [0, 0.05) is 6.04 Å². The summed E-state index contributed by atoms with van der Waals surface area (Å²) in [6.07, 6.45) is 0.853. The van der Waals surface area contributed by atoms with Crippen LogP contribution in [-0.2, 0) is 4.79 Å². The molecule has 0 heterocycles. The van der Waals surface area contributed by atoms with Crippen LogP contribution in [0.5, 0.6) is 5.75 Å². The van der Waals surface area contributed by atoms with Crippen LogP contribution in [0.2, 0.25) is 0 Å². The van der Waals surface area contributed by atoms with Gasteiger partial charge in [-0.1, -0.05) is 19.1 Å². The average molecular weight is 225 g/mol. The number of ether oxygens (including phenoxy) is 1. The topological polar surface area (TPSA) is 38.3 Å². The Labute approximate surface area is 94.6 Å². The highest BCUT2D eigenvalue weighted by atomic mass is 19.1. The summed E-state index contributed by atoms with van der Waals surface area (Å²) in [5.41, 5.74) is 0. The van der Waals surface area contributed by atoms with Gasteiger partial charge in [0.2, 0.25) is 0 Å². The molecule has 0 aliphatic heterocycles. The third kappa shape index (κ3) is 3.88. The third-order valence-corrected chi connectivity index (χ3v) is 2.22. The van der Waals surface area contributed by atoms with Gasteiger partial charge in [-0.05, 0) is 25.5 Å². The summed E-state index contributed by atoms with van der Waals surface area (Å²) in [7, 11) is 0. The lowest BCUT2D eigenvalue weighted by Crippen LogP contribution is -2.35. The van der Waals surface area contributed by atoms with Crippen LogP contribution < -0.4 is 10.1 Å². The second-order valence-electron chi connectivity index (χ2n) is 3.60. The lowest BCUT2D eigenvalue weighted by atomic mass is 10.2. The van der Waals surface area contributed by atoms with E-state index in [-0.39, 0.29) is 24.3 Å². The van der Waals surface area contributed by atoms with Crippen LogP contribution in [0.25, 0.3) is 0 Å². The molecule has 88 valence electrons. The first-order chi connectivity index (χ1) is 7.63. The molecule has 0 spiro atoms. The molecule has 1 N–H and O–H groups in total. The largest absolute Gasteiger partial charge is 0.481 e. The van der Waals surface area contributed by atoms with Crippen LogP contribution >= 0.6 is 0 Å². The minimum absolute atomic E-state index is 0.0989. The molecular weight excluding hydrogens is 209 g/mol. The summed E-state index contributed by atoms with van der Waals surface area (Å²) in [5.74, 6) is -0.599. The molecule has 4 heteroatoms. The van der Waals surface area contributed by atoms with E-state index >= 15 is 0 Å². The molecule has 1 aromatic rings. The lowest BCUT2D eigenvalue weighted by Gasteiger charge is -2.12. The summed E-state index contributed by atoms with van der Waals surface area (Å²) >= 11 is 0. The first-order valence-electron chi connectivity index (χ1n) is 5.30. The highest BCUT2D eigenvalue weighted by Crippen LogP contribution is 2.14. The summed E-state index contributed by atoms with van der Waals surface area (Å²) in [6.45, 7) is 3.72. The van der Waals surface area contributed by atoms with Crippen molar-refractivity contribution in [3.8, 4) is 5.75 Å². The molecule has 0 bridgehead atoms. The van der Waals surface area contributed by atoms with Crippen molar-refractivity contribution in [3.63, 3.8) is 0 Å². The Morgan fingerprint density at radius 3 is 2.81 bits per heavy atom. The van der Waals surface area contributed by atoms with E-state index in [9.17, 15) is 9.18 Å². The molecule has 1 rings (SSSR count). The van der Waals surface area contributed by atoms with Gasteiger partial charge in [0.25, 0.3) is 5.91 Å². The molecule has 0 aromatic heterocycles. The zero-order chi connectivity index (χ0) is 12.0. The summed E-state index contributed by atoms with van der Waals surface area (Å²) in [4.78, 5) is 11.3. The van der Waals surface area contributed by atoms with Crippen LogP contribution in [0.3, 0.4) is 0 Å². The van der Waals surface area contributed by atoms with E-state index in [0.717, 1.165) is 6.42 Å². The summed E-state index contributed by atoms with van der Waals surface area (Å²) in [5, 5.41) is 2.73. The van der Waals surface area contributed by atoms with Gasteiger partial charge >= 0.3 is 0 Å². The van der Waals surface area contributed by atoms with Crippen LogP contribution in [0.15, 0.2) is 24.3 Å². The predicted octanol–water partition coefficient (Wildman–Crippen LogP) is 2.12. The minimum Gasteiger partial charge on any atom is -0.481 e. The number of carbonyl (C=O) groups excluding carboxylic acids is 1. The fourth-order valence-corrected chi connectivity index (χ4v) is 1.12. The number of halogens is 1. The fourth-order valence-electron chi connectivity index (χ4n) is 1.12. The van der Waals surface area contributed by atoms with E-state index in [2.05, 4.69) is 5.32 Å². The molecule has 1 amide bonds. The molecule has 0 saturated heterocycles. The van der Waals surface area contributed by atoms with Crippen LogP contribution in [-0.4, -0.2) is 18.6 Å². The maximum absolute atomic E-state index is 13.1. The number of carbonyl (C=O) groups is 1. The predicted molar refractivity (Wildman–Crippen MR) is 59.8 cm³/mol. The Kier molecular flexibility index (Phi) is 4.76. The maximum Gasteiger partial charge on any atom is 0.258 e. The maximum atomic E-state index is 13.1. The summed E-state index contributed by atoms with van der Waals surface area (Å²) in [6, 6.07) is 6.12. The van der Waals surface area contributed by atoms with Gasteiger partial charge in [-0.15, -0.1) is 0 Å². The molecule has 1 atom stereocenters. The third-order valence-electron chi connectivity index (χ3n) is 2.22. The van der Waals surface area contributed by atoms with Crippen molar-refractivity contribution in [2.45, 2.75) is 26.3 Å².